The van der Waals surface area contributed by atoms with Crippen LogP contribution >= 0.6 is 0 Å². The van der Waals surface area contributed by atoms with Crippen LogP contribution in [0.3, 0.4) is 0 Å². The molecule has 0 aliphatic rings. The maximum absolute atomic E-state index is 5.56. The molecule has 1 nitrogen and oxygen atoms in total. The summed E-state index contributed by atoms with van der Waals surface area (Å²) in [5, 5.41) is 1.38. The largest absolute Gasteiger partial charge is 0.497 e. The fourth-order valence-corrected chi connectivity index (χ4v) is 3.57. The molecule has 0 heterocycles. The SMILES string of the molecule is C=Cc1cc([Si](C)(C)C)c(OC)cc1CCC. The average Bonchev–Trinajstić information content (AvgIpc) is 2.27. The molecule has 0 fully saturated rings. The van der Waals surface area contributed by atoms with Crippen molar-refractivity contribution in [1.29, 1.82) is 0 Å². The first-order valence-corrected chi connectivity index (χ1v) is 9.77. The van der Waals surface area contributed by atoms with Gasteiger partial charge in [0.25, 0.3) is 0 Å². The zero-order valence-electron chi connectivity index (χ0n) is 11.8. The van der Waals surface area contributed by atoms with Crippen molar-refractivity contribution in [3.05, 3.63) is 29.8 Å². The Balaban J connectivity index is 3.38. The van der Waals surface area contributed by atoms with Crippen molar-refractivity contribution in [2.45, 2.75) is 39.4 Å². The Bertz CT molecular complexity index is 402. The molecular formula is C15H24OSi. The van der Waals surface area contributed by atoms with E-state index in [1.807, 2.05) is 6.08 Å². The highest BCUT2D eigenvalue weighted by Gasteiger charge is 2.22. The van der Waals surface area contributed by atoms with Crippen molar-refractivity contribution >= 4 is 19.3 Å². The lowest BCUT2D eigenvalue weighted by Crippen LogP contribution is -2.38. The highest BCUT2D eigenvalue weighted by molar-refractivity contribution is 6.89. The Morgan fingerprint density at radius 2 is 1.94 bits per heavy atom. The van der Waals surface area contributed by atoms with Crippen molar-refractivity contribution in [3.63, 3.8) is 0 Å². The van der Waals surface area contributed by atoms with E-state index in [1.54, 1.807) is 7.11 Å². The van der Waals surface area contributed by atoms with E-state index in [0.29, 0.717) is 0 Å². The van der Waals surface area contributed by atoms with Gasteiger partial charge in [-0.15, -0.1) is 0 Å². The maximum Gasteiger partial charge on any atom is 0.118 e. The molecule has 0 spiro atoms. The van der Waals surface area contributed by atoms with Crippen LogP contribution in [-0.2, 0) is 6.42 Å². The molecule has 0 radical (unpaired) electrons. The molecule has 0 aliphatic heterocycles. The molecule has 17 heavy (non-hydrogen) atoms. The lowest BCUT2D eigenvalue weighted by molar-refractivity contribution is 0.417. The van der Waals surface area contributed by atoms with E-state index in [0.717, 1.165) is 18.6 Å². The zero-order chi connectivity index (χ0) is 13.1. The quantitative estimate of drug-likeness (QED) is 0.720. The molecule has 2 heteroatoms. The number of ether oxygens (including phenoxy) is 1. The van der Waals surface area contributed by atoms with Gasteiger partial charge in [-0.2, -0.15) is 0 Å². The fourth-order valence-electron chi connectivity index (χ4n) is 2.07. The highest BCUT2D eigenvalue weighted by atomic mass is 28.3. The minimum atomic E-state index is -1.37. The molecule has 94 valence electrons. The van der Waals surface area contributed by atoms with E-state index in [2.05, 4.69) is 45.3 Å². The third-order valence-corrected chi connectivity index (χ3v) is 5.02. The van der Waals surface area contributed by atoms with Gasteiger partial charge in [-0.1, -0.05) is 51.7 Å². The molecule has 0 saturated carbocycles. The Morgan fingerprint density at radius 3 is 2.35 bits per heavy atom. The van der Waals surface area contributed by atoms with Crippen LogP contribution in [0.5, 0.6) is 5.75 Å². The van der Waals surface area contributed by atoms with Gasteiger partial charge in [0.1, 0.15) is 5.75 Å². The molecule has 1 aromatic carbocycles. The molecule has 0 bridgehead atoms. The fraction of sp³-hybridized carbons (Fsp3) is 0.467. The standard InChI is InChI=1S/C15H24OSi/c1-7-9-13-10-14(16-3)15(17(4,5)6)11-12(13)8-2/h8,10-11H,2,7,9H2,1,3-6H3. The van der Waals surface area contributed by atoms with Crippen molar-refractivity contribution in [2.75, 3.05) is 7.11 Å². The van der Waals surface area contributed by atoms with E-state index in [9.17, 15) is 0 Å². The normalized spacial score (nSPS) is 11.4. The van der Waals surface area contributed by atoms with Gasteiger partial charge in [0.15, 0.2) is 0 Å². The van der Waals surface area contributed by atoms with Gasteiger partial charge in [0, 0.05) is 0 Å². The Hall–Kier alpha value is -1.02. The van der Waals surface area contributed by atoms with Gasteiger partial charge in [0.2, 0.25) is 0 Å². The van der Waals surface area contributed by atoms with Gasteiger partial charge < -0.3 is 4.74 Å². The van der Waals surface area contributed by atoms with Crippen LogP contribution < -0.4 is 9.92 Å². The lowest BCUT2D eigenvalue weighted by Gasteiger charge is -2.22. The minimum absolute atomic E-state index is 1.05. The summed E-state index contributed by atoms with van der Waals surface area (Å²) in [6.07, 6.45) is 4.20. The summed E-state index contributed by atoms with van der Waals surface area (Å²) in [5.74, 6) is 1.05. The second-order valence-corrected chi connectivity index (χ2v) is 10.5. The molecular weight excluding hydrogens is 224 g/mol. The number of hydrogen-bond acceptors (Lipinski definition) is 1. The van der Waals surface area contributed by atoms with E-state index in [-0.39, 0.29) is 0 Å². The topological polar surface area (TPSA) is 9.23 Å². The molecule has 0 unspecified atom stereocenters. The molecule has 0 amide bonds. The zero-order valence-corrected chi connectivity index (χ0v) is 12.8. The van der Waals surface area contributed by atoms with E-state index in [1.165, 1.54) is 16.3 Å². The molecule has 1 aromatic rings. The minimum Gasteiger partial charge on any atom is -0.497 e. The molecule has 0 aliphatic carbocycles. The number of aryl methyl sites for hydroxylation is 1. The Kier molecular flexibility index (Phi) is 4.58. The predicted octanol–water partition coefficient (Wildman–Crippen LogP) is 3.84. The van der Waals surface area contributed by atoms with Crippen molar-refractivity contribution in [3.8, 4) is 5.75 Å². The number of hydrogen-bond donors (Lipinski definition) is 0. The summed E-state index contributed by atoms with van der Waals surface area (Å²) < 4.78 is 5.56. The van der Waals surface area contributed by atoms with Crippen LogP contribution in [0.25, 0.3) is 6.08 Å². The lowest BCUT2D eigenvalue weighted by atomic mass is 10.0. The summed E-state index contributed by atoms with van der Waals surface area (Å²) in [5.41, 5.74) is 2.62. The first-order valence-electron chi connectivity index (χ1n) is 6.27. The third kappa shape index (κ3) is 3.22. The van der Waals surface area contributed by atoms with Crippen molar-refractivity contribution < 1.29 is 4.74 Å². The Morgan fingerprint density at radius 1 is 1.29 bits per heavy atom. The average molecular weight is 248 g/mol. The smallest absolute Gasteiger partial charge is 0.118 e. The second-order valence-electron chi connectivity index (χ2n) is 5.46. The highest BCUT2D eigenvalue weighted by Crippen LogP contribution is 2.22. The summed E-state index contributed by atoms with van der Waals surface area (Å²) in [6, 6.07) is 4.48. The summed E-state index contributed by atoms with van der Waals surface area (Å²) in [6.45, 7) is 13.2. The van der Waals surface area contributed by atoms with Crippen LogP contribution in [0, 0.1) is 0 Å². The molecule has 0 saturated heterocycles. The van der Waals surface area contributed by atoms with Gasteiger partial charge in [-0.25, -0.2) is 0 Å². The third-order valence-electron chi connectivity index (χ3n) is 3.01. The van der Waals surface area contributed by atoms with Crippen molar-refractivity contribution in [1.82, 2.24) is 0 Å². The number of benzene rings is 1. The van der Waals surface area contributed by atoms with Gasteiger partial charge in [0.05, 0.1) is 15.2 Å². The van der Waals surface area contributed by atoms with Crippen LogP contribution in [0.2, 0.25) is 19.6 Å². The van der Waals surface area contributed by atoms with E-state index in [4.69, 9.17) is 4.74 Å². The molecule has 0 atom stereocenters. The number of methoxy groups -OCH3 is 1. The monoisotopic (exact) mass is 248 g/mol. The van der Waals surface area contributed by atoms with E-state index < -0.39 is 8.07 Å². The van der Waals surface area contributed by atoms with Crippen LogP contribution in [-0.4, -0.2) is 15.2 Å². The molecule has 1 rings (SSSR count). The molecule has 0 aromatic heterocycles. The maximum atomic E-state index is 5.56. The van der Waals surface area contributed by atoms with Gasteiger partial charge in [-0.3, -0.25) is 0 Å². The van der Waals surface area contributed by atoms with Gasteiger partial charge in [-0.05, 0) is 28.8 Å². The Labute approximate surface area is 107 Å². The summed E-state index contributed by atoms with van der Waals surface area (Å²) >= 11 is 0. The van der Waals surface area contributed by atoms with Crippen LogP contribution in [0.1, 0.15) is 24.5 Å². The first-order chi connectivity index (χ1) is 7.93. The second kappa shape index (κ2) is 5.54. The molecule has 0 N–H and O–H groups in total. The summed E-state index contributed by atoms with van der Waals surface area (Å²) in [4.78, 5) is 0. The van der Waals surface area contributed by atoms with E-state index >= 15 is 0 Å². The van der Waals surface area contributed by atoms with Crippen molar-refractivity contribution in [2.24, 2.45) is 0 Å². The number of rotatable bonds is 5. The summed E-state index contributed by atoms with van der Waals surface area (Å²) in [7, 11) is 0.401. The predicted molar refractivity (Wildman–Crippen MR) is 80.1 cm³/mol. The first kappa shape index (κ1) is 14.0. The van der Waals surface area contributed by atoms with Crippen LogP contribution in [0.15, 0.2) is 18.7 Å². The van der Waals surface area contributed by atoms with Gasteiger partial charge >= 0.3 is 0 Å². The van der Waals surface area contributed by atoms with Crippen LogP contribution in [0.4, 0.5) is 0 Å².